The van der Waals surface area contributed by atoms with E-state index in [9.17, 15) is 9.59 Å². The first-order chi connectivity index (χ1) is 17.3. The Morgan fingerprint density at radius 2 is 1.33 bits per heavy atom. The zero-order chi connectivity index (χ0) is 25.3. The van der Waals surface area contributed by atoms with Gasteiger partial charge < -0.3 is 9.47 Å². The fourth-order valence-electron chi connectivity index (χ4n) is 3.96. The van der Waals surface area contributed by atoms with Crippen LogP contribution in [0.2, 0.25) is 0 Å². The maximum absolute atomic E-state index is 14.1. The molecule has 5 aromatic rings. The molecule has 0 aliphatic carbocycles. The molecule has 36 heavy (non-hydrogen) atoms. The van der Waals surface area contributed by atoms with Crippen LogP contribution in [0.4, 0.5) is 4.79 Å². The van der Waals surface area contributed by atoms with Crippen LogP contribution in [-0.4, -0.2) is 26.1 Å². The summed E-state index contributed by atoms with van der Waals surface area (Å²) < 4.78 is 14.3. The molecule has 180 valence electrons. The van der Waals surface area contributed by atoms with Gasteiger partial charge in [-0.25, -0.2) is 19.1 Å². The van der Waals surface area contributed by atoms with Crippen molar-refractivity contribution in [3.63, 3.8) is 0 Å². The molecule has 0 amide bonds. The summed E-state index contributed by atoms with van der Waals surface area (Å²) in [5.74, 6) is 0.0204. The summed E-state index contributed by atoms with van der Waals surface area (Å²) in [5.41, 5.74) is 1.33. The first-order valence-corrected chi connectivity index (χ1v) is 11.6. The average molecular weight is 480 g/mol. The van der Waals surface area contributed by atoms with Crippen molar-refractivity contribution in [2.45, 2.75) is 26.4 Å². The van der Waals surface area contributed by atoms with E-state index in [1.807, 2.05) is 91.0 Å². The number of hydrogen-bond donors (Lipinski definition) is 0. The van der Waals surface area contributed by atoms with Crippen molar-refractivity contribution >= 4 is 17.1 Å². The van der Waals surface area contributed by atoms with E-state index in [0.29, 0.717) is 17.1 Å². The van der Waals surface area contributed by atoms with E-state index < -0.39 is 11.8 Å². The molecular formula is C29H25N3O4. The van der Waals surface area contributed by atoms with Crippen LogP contribution in [0.1, 0.15) is 20.8 Å². The van der Waals surface area contributed by atoms with Gasteiger partial charge in [0.1, 0.15) is 11.2 Å². The predicted molar refractivity (Wildman–Crippen MR) is 139 cm³/mol. The van der Waals surface area contributed by atoms with Gasteiger partial charge in [-0.2, -0.15) is 0 Å². The smallest absolute Gasteiger partial charge is 0.428 e. The third-order valence-corrected chi connectivity index (χ3v) is 5.44. The Labute approximate surface area is 208 Å². The van der Waals surface area contributed by atoms with Crippen LogP contribution < -0.4 is 10.3 Å². The highest BCUT2D eigenvalue weighted by Crippen LogP contribution is 2.32. The van der Waals surface area contributed by atoms with E-state index in [1.54, 1.807) is 31.5 Å². The zero-order valence-corrected chi connectivity index (χ0v) is 20.2. The predicted octanol–water partition coefficient (Wildman–Crippen LogP) is 6.16. The molecule has 0 radical (unpaired) electrons. The van der Waals surface area contributed by atoms with Crippen LogP contribution in [0, 0.1) is 0 Å². The minimum absolute atomic E-state index is 0.0204. The number of fused-ring (bicyclic) bond motifs is 1. The molecular weight excluding hydrogens is 454 g/mol. The number of ether oxygens (including phenoxy) is 2. The van der Waals surface area contributed by atoms with Crippen LogP contribution in [0.15, 0.2) is 102 Å². The van der Waals surface area contributed by atoms with Gasteiger partial charge in [0, 0.05) is 5.39 Å². The highest BCUT2D eigenvalue weighted by atomic mass is 16.7. The van der Waals surface area contributed by atoms with Gasteiger partial charge >= 0.3 is 6.16 Å². The largest absolute Gasteiger partial charge is 0.515 e. The molecule has 0 N–H and O–H groups in total. The number of hydrogen-bond acceptors (Lipinski definition) is 5. The number of aromatic nitrogens is 3. The van der Waals surface area contributed by atoms with Crippen molar-refractivity contribution in [2.24, 2.45) is 0 Å². The van der Waals surface area contributed by atoms with Crippen LogP contribution in [0.3, 0.4) is 0 Å². The van der Waals surface area contributed by atoms with Crippen molar-refractivity contribution in [2.75, 3.05) is 0 Å². The standard InChI is InChI=1S/C29H25N3O4/c1-29(2,3)36-28(34)35-27-25(24-19-18-20-12-10-11-17-23(20)30-24)26(33)31(21-13-6-4-7-14-21)32(27)22-15-8-5-9-16-22/h4-19H,1-3H3. The van der Waals surface area contributed by atoms with Crippen molar-refractivity contribution in [1.29, 1.82) is 0 Å². The third kappa shape index (κ3) is 4.51. The Balaban J connectivity index is 1.82. The van der Waals surface area contributed by atoms with E-state index in [4.69, 9.17) is 14.5 Å². The van der Waals surface area contributed by atoms with Crippen LogP contribution >= 0.6 is 0 Å². The second-order valence-corrected chi connectivity index (χ2v) is 9.24. The lowest BCUT2D eigenvalue weighted by molar-refractivity contribution is 0.0192. The second-order valence-electron chi connectivity index (χ2n) is 9.24. The fraction of sp³-hybridized carbons (Fsp3) is 0.138. The number of nitrogens with zero attached hydrogens (tertiary/aromatic N) is 3. The molecule has 0 bridgehead atoms. The molecule has 0 saturated heterocycles. The van der Waals surface area contributed by atoms with E-state index >= 15 is 0 Å². The average Bonchev–Trinajstić information content (AvgIpc) is 3.15. The molecule has 0 spiro atoms. The highest BCUT2D eigenvalue weighted by Gasteiger charge is 2.29. The van der Waals surface area contributed by atoms with Gasteiger partial charge in [0.25, 0.3) is 5.56 Å². The molecule has 0 saturated carbocycles. The highest BCUT2D eigenvalue weighted by molar-refractivity contribution is 5.83. The normalized spacial score (nSPS) is 11.4. The molecule has 7 heteroatoms. The first kappa shape index (κ1) is 23.1. The summed E-state index contributed by atoms with van der Waals surface area (Å²) in [6, 6.07) is 29.7. The number of benzene rings is 3. The molecule has 7 nitrogen and oxygen atoms in total. The summed E-state index contributed by atoms with van der Waals surface area (Å²) in [4.78, 5) is 31.7. The lowest BCUT2D eigenvalue weighted by atomic mass is 10.1. The minimum atomic E-state index is -0.917. The second kappa shape index (κ2) is 9.19. The summed E-state index contributed by atoms with van der Waals surface area (Å²) >= 11 is 0. The van der Waals surface area contributed by atoms with Gasteiger partial charge in [-0.3, -0.25) is 4.79 Å². The topological polar surface area (TPSA) is 75.4 Å². The Hall–Kier alpha value is -4.65. The molecule has 0 unspecified atom stereocenters. The molecule has 0 atom stereocenters. The molecule has 0 aliphatic rings. The maximum atomic E-state index is 14.1. The summed E-state index contributed by atoms with van der Waals surface area (Å²) in [6.45, 7) is 5.25. The molecule has 5 rings (SSSR count). The van der Waals surface area contributed by atoms with Crippen LogP contribution in [0.5, 0.6) is 5.88 Å². The van der Waals surface area contributed by atoms with E-state index in [-0.39, 0.29) is 17.0 Å². The van der Waals surface area contributed by atoms with Gasteiger partial charge in [-0.1, -0.05) is 60.7 Å². The Morgan fingerprint density at radius 3 is 1.97 bits per heavy atom. The van der Waals surface area contributed by atoms with Gasteiger partial charge in [-0.05, 0) is 57.2 Å². The third-order valence-electron chi connectivity index (χ3n) is 5.44. The van der Waals surface area contributed by atoms with Crippen molar-refractivity contribution in [3.8, 4) is 28.5 Å². The minimum Gasteiger partial charge on any atom is -0.428 e. The van der Waals surface area contributed by atoms with Crippen molar-refractivity contribution in [1.82, 2.24) is 14.3 Å². The Bertz CT molecular complexity index is 1600. The SMILES string of the molecule is CC(C)(C)OC(=O)Oc1c(-c2ccc3ccccc3n2)c(=O)n(-c2ccccc2)n1-c1ccccc1. The first-order valence-electron chi connectivity index (χ1n) is 11.6. The quantitative estimate of drug-likeness (QED) is 0.289. The van der Waals surface area contributed by atoms with E-state index in [0.717, 1.165) is 10.9 Å². The zero-order valence-electron chi connectivity index (χ0n) is 20.2. The lowest BCUT2D eigenvalue weighted by Gasteiger charge is -2.20. The van der Waals surface area contributed by atoms with Crippen molar-refractivity contribution in [3.05, 3.63) is 107 Å². The Kier molecular flexibility index (Phi) is 5.90. The maximum Gasteiger partial charge on any atom is 0.515 e. The molecule has 2 heterocycles. The van der Waals surface area contributed by atoms with E-state index in [2.05, 4.69) is 0 Å². The van der Waals surface area contributed by atoms with E-state index in [1.165, 1.54) is 4.68 Å². The van der Waals surface area contributed by atoms with Gasteiger partial charge in [-0.15, -0.1) is 0 Å². The van der Waals surface area contributed by atoms with Gasteiger partial charge in [0.05, 0.1) is 22.6 Å². The number of pyridine rings is 1. The molecule has 0 aliphatic heterocycles. The Morgan fingerprint density at radius 1 is 0.750 bits per heavy atom. The fourth-order valence-corrected chi connectivity index (χ4v) is 3.96. The van der Waals surface area contributed by atoms with Gasteiger partial charge in [0.2, 0.25) is 5.88 Å². The molecule has 0 fully saturated rings. The van der Waals surface area contributed by atoms with Crippen LogP contribution in [-0.2, 0) is 4.74 Å². The monoisotopic (exact) mass is 479 g/mol. The molecule has 2 aromatic heterocycles. The summed E-state index contributed by atoms with van der Waals surface area (Å²) in [7, 11) is 0. The van der Waals surface area contributed by atoms with Crippen molar-refractivity contribution < 1.29 is 14.3 Å². The number of para-hydroxylation sites is 3. The lowest BCUT2D eigenvalue weighted by Crippen LogP contribution is -2.27. The summed E-state index contributed by atoms with van der Waals surface area (Å²) in [5, 5.41) is 0.932. The summed E-state index contributed by atoms with van der Waals surface area (Å²) in [6.07, 6.45) is -0.917. The number of carbonyl (C=O) groups is 1. The number of rotatable bonds is 4. The van der Waals surface area contributed by atoms with Crippen LogP contribution in [0.25, 0.3) is 33.5 Å². The van der Waals surface area contributed by atoms with Gasteiger partial charge in [0.15, 0.2) is 0 Å². The number of carbonyl (C=O) groups excluding carboxylic acids is 1. The molecule has 3 aromatic carbocycles.